The maximum atomic E-state index is 12.3. The van der Waals surface area contributed by atoms with Gasteiger partial charge in [-0.3, -0.25) is 4.79 Å². The van der Waals surface area contributed by atoms with E-state index in [1.165, 1.54) is 0 Å². The number of carbonyl (C=O) groups is 1. The molecule has 2 aromatic rings. The molecule has 0 aromatic carbocycles. The summed E-state index contributed by atoms with van der Waals surface area (Å²) < 4.78 is 0. The van der Waals surface area contributed by atoms with Crippen LogP contribution in [0.1, 0.15) is 16.7 Å². The summed E-state index contributed by atoms with van der Waals surface area (Å²) >= 11 is 0. The summed E-state index contributed by atoms with van der Waals surface area (Å²) in [6.07, 6.45) is 4.86. The third-order valence-electron chi connectivity index (χ3n) is 3.66. The lowest BCUT2D eigenvalue weighted by Gasteiger charge is -2.11. The highest BCUT2D eigenvalue weighted by atomic mass is 16.1. The fourth-order valence-corrected chi connectivity index (χ4v) is 2.54. The molecule has 5 nitrogen and oxygen atoms in total. The van der Waals surface area contributed by atoms with Crippen LogP contribution in [0.3, 0.4) is 0 Å². The topological polar surface area (TPSA) is 80.9 Å². The van der Waals surface area contributed by atoms with Gasteiger partial charge in [-0.2, -0.15) is 0 Å². The Bertz CT molecular complexity index is 669. The largest absolute Gasteiger partial charge is 0.384 e. The molecule has 1 aliphatic carbocycles. The van der Waals surface area contributed by atoms with Crippen molar-refractivity contribution in [1.29, 1.82) is 0 Å². The molecule has 3 N–H and O–H groups in total. The van der Waals surface area contributed by atoms with Gasteiger partial charge in [0, 0.05) is 18.3 Å². The summed E-state index contributed by atoms with van der Waals surface area (Å²) in [7, 11) is 0. The molecule has 0 spiro atoms. The van der Waals surface area contributed by atoms with E-state index in [0.717, 1.165) is 16.7 Å². The number of hydrogen-bond donors (Lipinski definition) is 2. The fourth-order valence-electron chi connectivity index (χ4n) is 2.54. The number of fused-ring (bicyclic) bond motifs is 1. The molecule has 1 atom stereocenters. The van der Waals surface area contributed by atoms with Crippen molar-refractivity contribution < 1.29 is 4.79 Å². The van der Waals surface area contributed by atoms with E-state index < -0.39 is 0 Å². The van der Waals surface area contributed by atoms with Gasteiger partial charge in [0.25, 0.3) is 0 Å². The highest BCUT2D eigenvalue weighted by molar-refractivity contribution is 5.93. The lowest BCUT2D eigenvalue weighted by molar-refractivity contribution is -0.119. The first kappa shape index (κ1) is 12.6. The Labute approximate surface area is 117 Å². The quantitative estimate of drug-likeness (QED) is 0.869. The molecule has 0 fully saturated rings. The van der Waals surface area contributed by atoms with E-state index in [1.54, 1.807) is 12.4 Å². The minimum absolute atomic E-state index is 0.00146. The molecule has 3 rings (SSSR count). The molecule has 0 bridgehead atoms. The monoisotopic (exact) mass is 268 g/mol. The normalized spacial score (nSPS) is 16.8. The third kappa shape index (κ3) is 2.34. The van der Waals surface area contributed by atoms with Crippen molar-refractivity contribution in [3.8, 4) is 0 Å². The number of hydrogen-bond acceptors (Lipinski definition) is 4. The number of pyridine rings is 2. The molecule has 1 aliphatic rings. The zero-order valence-electron chi connectivity index (χ0n) is 11.3. The first-order valence-corrected chi connectivity index (χ1v) is 6.59. The van der Waals surface area contributed by atoms with Crippen molar-refractivity contribution in [2.24, 2.45) is 5.92 Å². The standard InChI is InChI=1S/C15H16N4O/c1-9-3-2-4-17-14(9)19-15(20)11-5-10-7-13(16)18-8-12(10)6-11/h2-4,7-8,11H,5-6H2,1H3,(H2,16,18)(H,17,19,20). The van der Waals surface area contributed by atoms with Crippen LogP contribution in [0.25, 0.3) is 0 Å². The highest BCUT2D eigenvalue weighted by Gasteiger charge is 2.28. The average Bonchev–Trinajstić information content (AvgIpc) is 2.84. The van der Waals surface area contributed by atoms with E-state index in [9.17, 15) is 4.79 Å². The van der Waals surface area contributed by atoms with Crippen LogP contribution in [0.2, 0.25) is 0 Å². The van der Waals surface area contributed by atoms with Gasteiger partial charge in [0.1, 0.15) is 11.6 Å². The van der Waals surface area contributed by atoms with E-state index in [4.69, 9.17) is 5.73 Å². The van der Waals surface area contributed by atoms with E-state index in [1.807, 2.05) is 25.1 Å². The van der Waals surface area contributed by atoms with Crippen LogP contribution in [-0.2, 0) is 17.6 Å². The molecule has 20 heavy (non-hydrogen) atoms. The summed E-state index contributed by atoms with van der Waals surface area (Å²) in [5.74, 6) is 1.06. The number of anilines is 2. The van der Waals surface area contributed by atoms with Crippen LogP contribution < -0.4 is 11.1 Å². The molecule has 0 radical (unpaired) electrons. The van der Waals surface area contributed by atoms with Gasteiger partial charge in [0.05, 0.1) is 0 Å². The van der Waals surface area contributed by atoms with Crippen molar-refractivity contribution in [2.45, 2.75) is 19.8 Å². The number of amides is 1. The second kappa shape index (κ2) is 4.92. The van der Waals surface area contributed by atoms with Crippen LogP contribution in [0.15, 0.2) is 30.6 Å². The smallest absolute Gasteiger partial charge is 0.229 e. The summed E-state index contributed by atoms with van der Waals surface area (Å²) in [5.41, 5.74) is 8.86. The molecule has 1 amide bonds. The Morgan fingerprint density at radius 2 is 2.15 bits per heavy atom. The maximum absolute atomic E-state index is 12.3. The number of nitrogens with one attached hydrogen (secondary N) is 1. The van der Waals surface area contributed by atoms with Gasteiger partial charge in [-0.05, 0) is 48.6 Å². The molecular weight excluding hydrogens is 252 g/mol. The van der Waals surface area contributed by atoms with Gasteiger partial charge in [0.15, 0.2) is 0 Å². The molecule has 2 aromatic heterocycles. The van der Waals surface area contributed by atoms with Crippen molar-refractivity contribution in [3.63, 3.8) is 0 Å². The summed E-state index contributed by atoms with van der Waals surface area (Å²) in [5, 5.41) is 2.90. The van der Waals surface area contributed by atoms with Gasteiger partial charge in [-0.1, -0.05) is 6.07 Å². The number of nitrogens with zero attached hydrogens (tertiary/aromatic N) is 2. The predicted molar refractivity (Wildman–Crippen MR) is 77.2 cm³/mol. The minimum atomic E-state index is -0.0741. The Kier molecular flexibility index (Phi) is 3.10. The van der Waals surface area contributed by atoms with Crippen LogP contribution in [-0.4, -0.2) is 15.9 Å². The lowest BCUT2D eigenvalue weighted by Crippen LogP contribution is -2.24. The average molecular weight is 268 g/mol. The fraction of sp³-hybridized carbons (Fsp3) is 0.267. The highest BCUT2D eigenvalue weighted by Crippen LogP contribution is 2.28. The first-order chi connectivity index (χ1) is 9.63. The molecular formula is C15H16N4O. The summed E-state index contributed by atoms with van der Waals surface area (Å²) in [4.78, 5) is 20.6. The van der Waals surface area contributed by atoms with Crippen molar-refractivity contribution in [1.82, 2.24) is 9.97 Å². The molecule has 1 unspecified atom stereocenters. The Balaban J connectivity index is 1.73. The summed E-state index contributed by atoms with van der Waals surface area (Å²) in [6, 6.07) is 5.64. The Hall–Kier alpha value is -2.43. The number of nitrogen functional groups attached to an aromatic ring is 1. The van der Waals surface area contributed by atoms with Gasteiger partial charge in [-0.15, -0.1) is 0 Å². The van der Waals surface area contributed by atoms with Crippen LogP contribution >= 0.6 is 0 Å². The summed E-state index contributed by atoms with van der Waals surface area (Å²) in [6.45, 7) is 1.93. The first-order valence-electron chi connectivity index (χ1n) is 6.59. The molecule has 0 saturated heterocycles. The Morgan fingerprint density at radius 3 is 2.95 bits per heavy atom. The van der Waals surface area contributed by atoms with Gasteiger partial charge < -0.3 is 11.1 Å². The number of aryl methyl sites for hydroxylation is 1. The zero-order chi connectivity index (χ0) is 14.1. The molecule has 2 heterocycles. The number of rotatable bonds is 2. The van der Waals surface area contributed by atoms with Crippen molar-refractivity contribution in [2.75, 3.05) is 11.1 Å². The molecule has 0 aliphatic heterocycles. The predicted octanol–water partition coefficient (Wildman–Crippen LogP) is 1.72. The van der Waals surface area contributed by atoms with E-state index in [2.05, 4.69) is 15.3 Å². The van der Waals surface area contributed by atoms with Crippen LogP contribution in [0, 0.1) is 12.8 Å². The van der Waals surface area contributed by atoms with Gasteiger partial charge in [-0.25, -0.2) is 9.97 Å². The number of nitrogens with two attached hydrogens (primary N) is 1. The zero-order valence-corrected chi connectivity index (χ0v) is 11.3. The molecule has 102 valence electrons. The third-order valence-corrected chi connectivity index (χ3v) is 3.66. The second-order valence-electron chi connectivity index (χ2n) is 5.14. The second-order valence-corrected chi connectivity index (χ2v) is 5.14. The van der Waals surface area contributed by atoms with Crippen LogP contribution in [0.4, 0.5) is 11.6 Å². The maximum Gasteiger partial charge on any atom is 0.229 e. The number of carbonyl (C=O) groups excluding carboxylic acids is 1. The van der Waals surface area contributed by atoms with Crippen LogP contribution in [0.5, 0.6) is 0 Å². The Morgan fingerprint density at radius 1 is 1.35 bits per heavy atom. The SMILES string of the molecule is Cc1cccnc1NC(=O)C1Cc2cnc(N)cc2C1. The van der Waals surface area contributed by atoms with E-state index >= 15 is 0 Å². The molecule has 5 heteroatoms. The molecule has 0 saturated carbocycles. The van der Waals surface area contributed by atoms with E-state index in [0.29, 0.717) is 24.5 Å². The van der Waals surface area contributed by atoms with Crippen molar-refractivity contribution in [3.05, 3.63) is 47.3 Å². The lowest BCUT2D eigenvalue weighted by atomic mass is 10.1. The van der Waals surface area contributed by atoms with Gasteiger partial charge >= 0.3 is 0 Å². The number of aromatic nitrogens is 2. The van der Waals surface area contributed by atoms with E-state index in [-0.39, 0.29) is 11.8 Å². The minimum Gasteiger partial charge on any atom is -0.384 e. The van der Waals surface area contributed by atoms with Crippen molar-refractivity contribution >= 4 is 17.5 Å². The van der Waals surface area contributed by atoms with Gasteiger partial charge in [0.2, 0.25) is 5.91 Å².